The van der Waals surface area contributed by atoms with E-state index in [0.29, 0.717) is 0 Å². The van der Waals surface area contributed by atoms with Gasteiger partial charge in [0.1, 0.15) is 6.04 Å². The molecule has 0 aromatic heterocycles. The van der Waals surface area contributed by atoms with Crippen LogP contribution >= 0.6 is 0 Å². The predicted molar refractivity (Wildman–Crippen MR) is 39.4 cm³/mol. The summed E-state index contributed by atoms with van der Waals surface area (Å²) in [5.41, 5.74) is 5.28. The number of carboxylic acids is 2. The number of nitrogens with two attached hydrogens (primary N) is 1. The second-order valence-electron chi connectivity index (χ2n) is 3.16. The quantitative estimate of drug-likeness (QED) is 0.527. The molecular formula is C7H11NO4. The molecule has 68 valence electrons. The molecule has 0 heterocycles. The zero-order valence-corrected chi connectivity index (χ0v) is 6.60. The number of aliphatic carboxylic acids is 2. The SMILES string of the molecule is CC1C(C(=O)O)C1[C@H](N)C(=O)O. The molecule has 0 spiro atoms. The fourth-order valence-electron chi connectivity index (χ4n) is 1.60. The maximum Gasteiger partial charge on any atom is 0.320 e. The van der Waals surface area contributed by atoms with Crippen LogP contribution in [0.1, 0.15) is 6.92 Å². The second-order valence-corrected chi connectivity index (χ2v) is 3.16. The van der Waals surface area contributed by atoms with E-state index in [-0.39, 0.29) is 5.92 Å². The number of hydrogen-bond acceptors (Lipinski definition) is 3. The van der Waals surface area contributed by atoms with Gasteiger partial charge in [0, 0.05) is 5.92 Å². The Morgan fingerprint density at radius 1 is 1.42 bits per heavy atom. The molecule has 1 saturated carbocycles. The van der Waals surface area contributed by atoms with E-state index >= 15 is 0 Å². The van der Waals surface area contributed by atoms with Crippen molar-refractivity contribution in [1.82, 2.24) is 0 Å². The Kier molecular flexibility index (Phi) is 2.06. The Hall–Kier alpha value is -1.10. The normalized spacial score (nSPS) is 35.7. The van der Waals surface area contributed by atoms with Crippen LogP contribution in [0.2, 0.25) is 0 Å². The first-order valence-corrected chi connectivity index (χ1v) is 3.68. The summed E-state index contributed by atoms with van der Waals surface area (Å²) >= 11 is 0. The predicted octanol–water partition coefficient (Wildman–Crippen LogP) is -0.635. The van der Waals surface area contributed by atoms with Crippen molar-refractivity contribution in [3.63, 3.8) is 0 Å². The highest BCUT2D eigenvalue weighted by molar-refractivity contribution is 5.80. The van der Waals surface area contributed by atoms with Crippen molar-refractivity contribution in [1.29, 1.82) is 0 Å². The molecule has 1 aliphatic carbocycles. The molecule has 0 amide bonds. The van der Waals surface area contributed by atoms with Crippen molar-refractivity contribution in [3.8, 4) is 0 Å². The van der Waals surface area contributed by atoms with Crippen LogP contribution < -0.4 is 5.73 Å². The van der Waals surface area contributed by atoms with E-state index < -0.39 is 29.8 Å². The van der Waals surface area contributed by atoms with Crippen molar-refractivity contribution >= 4 is 11.9 Å². The fourth-order valence-corrected chi connectivity index (χ4v) is 1.60. The Balaban J connectivity index is 2.58. The summed E-state index contributed by atoms with van der Waals surface area (Å²) in [5.74, 6) is -3.18. The number of rotatable bonds is 3. The van der Waals surface area contributed by atoms with Gasteiger partial charge in [0.2, 0.25) is 0 Å². The first-order valence-electron chi connectivity index (χ1n) is 3.68. The third kappa shape index (κ3) is 1.27. The Labute approximate surface area is 69.2 Å². The topological polar surface area (TPSA) is 101 Å². The van der Waals surface area contributed by atoms with Gasteiger partial charge in [-0.1, -0.05) is 6.92 Å². The van der Waals surface area contributed by atoms with Gasteiger partial charge in [-0.2, -0.15) is 0 Å². The van der Waals surface area contributed by atoms with Gasteiger partial charge in [-0.3, -0.25) is 9.59 Å². The minimum Gasteiger partial charge on any atom is -0.481 e. The summed E-state index contributed by atoms with van der Waals surface area (Å²) in [6, 6.07) is -1.04. The van der Waals surface area contributed by atoms with Crippen LogP contribution in [0.4, 0.5) is 0 Å². The van der Waals surface area contributed by atoms with E-state index in [1.54, 1.807) is 6.92 Å². The van der Waals surface area contributed by atoms with Crippen LogP contribution in [0.3, 0.4) is 0 Å². The van der Waals surface area contributed by atoms with Crippen molar-refractivity contribution in [2.45, 2.75) is 13.0 Å². The van der Waals surface area contributed by atoms with Crippen LogP contribution in [-0.2, 0) is 9.59 Å². The Morgan fingerprint density at radius 2 is 1.92 bits per heavy atom. The Morgan fingerprint density at radius 3 is 2.17 bits per heavy atom. The van der Waals surface area contributed by atoms with Gasteiger partial charge in [0.15, 0.2) is 0 Å². The van der Waals surface area contributed by atoms with E-state index in [4.69, 9.17) is 15.9 Å². The molecular weight excluding hydrogens is 162 g/mol. The third-order valence-electron chi connectivity index (χ3n) is 2.43. The molecule has 4 N–H and O–H groups in total. The molecule has 0 bridgehead atoms. The van der Waals surface area contributed by atoms with Crippen LogP contribution in [0, 0.1) is 17.8 Å². The summed E-state index contributed by atoms with van der Waals surface area (Å²) < 4.78 is 0. The van der Waals surface area contributed by atoms with E-state index in [2.05, 4.69) is 0 Å². The highest BCUT2D eigenvalue weighted by atomic mass is 16.4. The molecule has 0 aromatic carbocycles. The van der Waals surface area contributed by atoms with Gasteiger partial charge in [0.05, 0.1) is 5.92 Å². The van der Waals surface area contributed by atoms with Gasteiger partial charge in [0.25, 0.3) is 0 Å². The van der Waals surface area contributed by atoms with E-state index in [9.17, 15) is 9.59 Å². The maximum absolute atomic E-state index is 10.5. The van der Waals surface area contributed by atoms with Crippen molar-refractivity contribution < 1.29 is 19.8 Å². The minimum atomic E-state index is -1.13. The summed E-state index contributed by atoms with van der Waals surface area (Å²) in [7, 11) is 0. The molecule has 0 aliphatic heterocycles. The molecule has 3 unspecified atom stereocenters. The highest BCUT2D eigenvalue weighted by Gasteiger charge is 2.56. The first kappa shape index (κ1) is 8.99. The van der Waals surface area contributed by atoms with Gasteiger partial charge in [-0.25, -0.2) is 0 Å². The molecule has 0 aromatic rings. The standard InChI is InChI=1S/C7H11NO4/c1-2-3(4(2)6(9)10)5(8)7(11)12/h2-5H,8H2,1H3,(H,9,10)(H,11,12)/t2?,3?,4?,5-/m0/s1. The smallest absolute Gasteiger partial charge is 0.320 e. The van der Waals surface area contributed by atoms with Crippen LogP contribution in [0.25, 0.3) is 0 Å². The van der Waals surface area contributed by atoms with Crippen LogP contribution in [-0.4, -0.2) is 28.2 Å². The molecule has 5 heteroatoms. The van der Waals surface area contributed by atoms with E-state index in [0.717, 1.165) is 0 Å². The lowest BCUT2D eigenvalue weighted by atomic mass is 10.1. The summed E-state index contributed by atoms with van der Waals surface area (Å²) in [4.78, 5) is 20.8. The lowest BCUT2D eigenvalue weighted by molar-refractivity contribution is -0.140. The van der Waals surface area contributed by atoms with Crippen molar-refractivity contribution in [2.75, 3.05) is 0 Å². The fraction of sp³-hybridized carbons (Fsp3) is 0.714. The average Bonchev–Trinajstić information content (AvgIpc) is 2.59. The lowest BCUT2D eigenvalue weighted by Crippen LogP contribution is -2.33. The largest absolute Gasteiger partial charge is 0.481 e. The molecule has 5 nitrogen and oxygen atoms in total. The lowest BCUT2D eigenvalue weighted by Gasteiger charge is -2.02. The van der Waals surface area contributed by atoms with Crippen molar-refractivity contribution in [3.05, 3.63) is 0 Å². The third-order valence-corrected chi connectivity index (χ3v) is 2.43. The van der Waals surface area contributed by atoms with E-state index in [1.165, 1.54) is 0 Å². The van der Waals surface area contributed by atoms with Gasteiger partial charge >= 0.3 is 11.9 Å². The first-order chi connectivity index (χ1) is 5.46. The number of hydrogen-bond donors (Lipinski definition) is 3. The zero-order valence-electron chi connectivity index (χ0n) is 6.60. The molecule has 4 atom stereocenters. The maximum atomic E-state index is 10.5. The molecule has 0 saturated heterocycles. The molecule has 1 fully saturated rings. The summed E-state index contributed by atoms with van der Waals surface area (Å²) in [6.45, 7) is 1.70. The van der Waals surface area contributed by atoms with Crippen molar-refractivity contribution in [2.24, 2.45) is 23.5 Å². The second kappa shape index (κ2) is 2.75. The van der Waals surface area contributed by atoms with Gasteiger partial charge in [-0.15, -0.1) is 0 Å². The van der Waals surface area contributed by atoms with Crippen LogP contribution in [0.15, 0.2) is 0 Å². The minimum absolute atomic E-state index is 0.117. The molecule has 1 aliphatic rings. The average molecular weight is 173 g/mol. The monoisotopic (exact) mass is 173 g/mol. The highest BCUT2D eigenvalue weighted by Crippen LogP contribution is 2.47. The summed E-state index contributed by atoms with van der Waals surface area (Å²) in [5, 5.41) is 17.1. The molecule has 12 heavy (non-hydrogen) atoms. The summed E-state index contributed by atoms with van der Waals surface area (Å²) in [6.07, 6.45) is 0. The van der Waals surface area contributed by atoms with E-state index in [1.807, 2.05) is 0 Å². The molecule has 0 radical (unpaired) electrons. The number of carboxylic acid groups (broad SMARTS) is 2. The molecule has 1 rings (SSSR count). The number of carbonyl (C=O) groups is 2. The van der Waals surface area contributed by atoms with Gasteiger partial charge in [-0.05, 0) is 5.92 Å². The zero-order chi connectivity index (χ0) is 9.46. The van der Waals surface area contributed by atoms with Gasteiger partial charge < -0.3 is 15.9 Å². The van der Waals surface area contributed by atoms with Crippen LogP contribution in [0.5, 0.6) is 0 Å². The Bertz CT molecular complexity index is 211.